The highest BCUT2D eigenvalue weighted by molar-refractivity contribution is 6.34. The molecule has 2 amide bonds. The first-order chi connectivity index (χ1) is 11.9. The van der Waals surface area contributed by atoms with Crippen LogP contribution in [0.2, 0.25) is 15.1 Å². The minimum atomic E-state index is -0.384. The second-order valence-corrected chi connectivity index (χ2v) is 6.39. The summed E-state index contributed by atoms with van der Waals surface area (Å²) in [6, 6.07) is 11.5. The highest BCUT2D eigenvalue weighted by Crippen LogP contribution is 2.27. The van der Waals surface area contributed by atoms with Crippen LogP contribution < -0.4 is 10.1 Å². The molecule has 132 valence electrons. The number of benzene rings is 2. The maximum absolute atomic E-state index is 12.1. The number of carbonyl (C=O) groups excluding carboxylic acids is 2. The van der Waals surface area contributed by atoms with Crippen LogP contribution in [0.15, 0.2) is 42.5 Å². The summed E-state index contributed by atoms with van der Waals surface area (Å²) in [6.07, 6.45) is 0. The summed E-state index contributed by atoms with van der Waals surface area (Å²) < 4.78 is 5.36. The molecule has 0 heterocycles. The van der Waals surface area contributed by atoms with E-state index in [1.807, 2.05) is 0 Å². The molecular weight excluding hydrogens is 387 g/mol. The molecule has 0 unspecified atom stereocenters. The van der Waals surface area contributed by atoms with Gasteiger partial charge in [-0.15, -0.1) is 0 Å². The van der Waals surface area contributed by atoms with E-state index in [2.05, 4.69) is 5.32 Å². The summed E-state index contributed by atoms with van der Waals surface area (Å²) in [4.78, 5) is 25.3. The van der Waals surface area contributed by atoms with E-state index in [0.717, 1.165) is 0 Å². The topological polar surface area (TPSA) is 58.6 Å². The van der Waals surface area contributed by atoms with Gasteiger partial charge in [0, 0.05) is 18.1 Å². The molecule has 0 spiro atoms. The van der Waals surface area contributed by atoms with Crippen LogP contribution in [-0.2, 0) is 9.59 Å². The van der Waals surface area contributed by atoms with Gasteiger partial charge in [-0.25, -0.2) is 0 Å². The van der Waals surface area contributed by atoms with Gasteiger partial charge in [-0.2, -0.15) is 0 Å². The van der Waals surface area contributed by atoms with Gasteiger partial charge in [0.05, 0.1) is 22.3 Å². The van der Waals surface area contributed by atoms with E-state index in [9.17, 15) is 9.59 Å². The van der Waals surface area contributed by atoms with E-state index in [0.29, 0.717) is 26.5 Å². The van der Waals surface area contributed by atoms with E-state index < -0.39 is 0 Å². The van der Waals surface area contributed by atoms with Crippen molar-refractivity contribution in [3.05, 3.63) is 57.5 Å². The molecule has 0 aromatic heterocycles. The molecule has 25 heavy (non-hydrogen) atoms. The lowest BCUT2D eigenvalue weighted by Crippen LogP contribution is -2.37. The zero-order valence-corrected chi connectivity index (χ0v) is 15.5. The normalized spacial score (nSPS) is 10.2. The van der Waals surface area contributed by atoms with Crippen molar-refractivity contribution in [3.63, 3.8) is 0 Å². The fourth-order valence-corrected chi connectivity index (χ4v) is 2.41. The first-order valence-electron chi connectivity index (χ1n) is 7.23. The molecule has 0 aliphatic carbocycles. The first-order valence-corrected chi connectivity index (χ1v) is 8.36. The second-order valence-electron chi connectivity index (χ2n) is 5.14. The number of nitrogens with one attached hydrogen (secondary N) is 1. The van der Waals surface area contributed by atoms with Crippen molar-refractivity contribution in [1.29, 1.82) is 0 Å². The Kier molecular flexibility index (Phi) is 6.93. The lowest BCUT2D eigenvalue weighted by Gasteiger charge is -2.17. The number of ether oxygens (including phenoxy) is 1. The van der Waals surface area contributed by atoms with Crippen LogP contribution in [-0.4, -0.2) is 36.9 Å². The molecular formula is C17H15Cl3N2O3. The number of halogens is 3. The number of amides is 2. The Labute approximate surface area is 160 Å². The third-order valence-corrected chi connectivity index (χ3v) is 4.08. The molecule has 0 aliphatic heterocycles. The van der Waals surface area contributed by atoms with Gasteiger partial charge < -0.3 is 15.0 Å². The van der Waals surface area contributed by atoms with Crippen LogP contribution in [0.3, 0.4) is 0 Å². The molecule has 0 saturated carbocycles. The fraction of sp³-hybridized carbons (Fsp3) is 0.176. The lowest BCUT2D eigenvalue weighted by molar-refractivity contribution is -0.135. The van der Waals surface area contributed by atoms with E-state index in [4.69, 9.17) is 39.5 Å². The highest BCUT2D eigenvalue weighted by atomic mass is 35.5. The van der Waals surface area contributed by atoms with E-state index >= 15 is 0 Å². The minimum absolute atomic E-state index is 0.142. The molecule has 0 fully saturated rings. The molecule has 1 N–H and O–H groups in total. The van der Waals surface area contributed by atoms with Gasteiger partial charge >= 0.3 is 0 Å². The number of nitrogens with zero attached hydrogens (tertiary/aromatic N) is 1. The number of para-hydroxylation sites is 1. The second kappa shape index (κ2) is 8.94. The SMILES string of the molecule is CN(CC(=O)Nc1ccccc1Cl)C(=O)COc1cc(Cl)ccc1Cl. The van der Waals surface area contributed by atoms with Crippen molar-refractivity contribution < 1.29 is 14.3 Å². The Morgan fingerprint density at radius 1 is 1.08 bits per heavy atom. The Morgan fingerprint density at radius 2 is 1.80 bits per heavy atom. The van der Waals surface area contributed by atoms with Crippen LogP contribution >= 0.6 is 34.8 Å². The number of carbonyl (C=O) groups is 2. The number of hydrogen-bond acceptors (Lipinski definition) is 3. The number of rotatable bonds is 6. The Hall–Kier alpha value is -1.95. The predicted octanol–water partition coefficient (Wildman–Crippen LogP) is 4.12. The monoisotopic (exact) mass is 400 g/mol. The molecule has 0 aliphatic rings. The summed E-state index contributed by atoms with van der Waals surface area (Å²) >= 11 is 17.8. The molecule has 2 aromatic rings. The van der Waals surface area contributed by atoms with Gasteiger partial charge in [0.15, 0.2) is 6.61 Å². The van der Waals surface area contributed by atoms with E-state index in [-0.39, 0.29) is 25.0 Å². The van der Waals surface area contributed by atoms with E-state index in [1.165, 1.54) is 18.0 Å². The summed E-state index contributed by atoms with van der Waals surface area (Å²) in [5.41, 5.74) is 0.483. The maximum Gasteiger partial charge on any atom is 0.260 e. The largest absolute Gasteiger partial charge is 0.482 e. The Morgan fingerprint density at radius 3 is 2.52 bits per heavy atom. The maximum atomic E-state index is 12.1. The van der Waals surface area contributed by atoms with Gasteiger partial charge in [-0.3, -0.25) is 9.59 Å². The molecule has 2 rings (SSSR count). The molecule has 2 aromatic carbocycles. The fourth-order valence-electron chi connectivity index (χ4n) is 1.89. The van der Waals surface area contributed by atoms with Crippen molar-refractivity contribution >= 4 is 52.3 Å². The Balaban J connectivity index is 1.86. The van der Waals surface area contributed by atoms with Crippen molar-refractivity contribution in [2.45, 2.75) is 0 Å². The molecule has 0 bridgehead atoms. The average molecular weight is 402 g/mol. The van der Waals surface area contributed by atoms with Crippen molar-refractivity contribution in [2.75, 3.05) is 25.5 Å². The van der Waals surface area contributed by atoms with Crippen LogP contribution in [0, 0.1) is 0 Å². The standard InChI is InChI=1S/C17H15Cl3N2O3/c1-22(9-16(23)21-14-5-3-2-4-12(14)19)17(24)10-25-15-8-11(18)6-7-13(15)20/h2-8H,9-10H2,1H3,(H,21,23). The highest BCUT2D eigenvalue weighted by Gasteiger charge is 2.15. The molecule has 0 atom stereocenters. The zero-order chi connectivity index (χ0) is 18.4. The van der Waals surface area contributed by atoms with Crippen LogP contribution in [0.4, 0.5) is 5.69 Å². The number of likely N-dealkylation sites (N-methyl/N-ethyl adjacent to an activating group) is 1. The van der Waals surface area contributed by atoms with Crippen LogP contribution in [0.5, 0.6) is 5.75 Å². The molecule has 8 heteroatoms. The first kappa shape index (κ1) is 19.4. The quantitative estimate of drug-likeness (QED) is 0.792. The van der Waals surface area contributed by atoms with Crippen molar-refractivity contribution in [2.24, 2.45) is 0 Å². The summed E-state index contributed by atoms with van der Waals surface area (Å²) in [7, 11) is 1.50. The third-order valence-electron chi connectivity index (χ3n) is 3.20. The summed E-state index contributed by atoms with van der Waals surface area (Å²) in [5, 5.41) is 3.85. The van der Waals surface area contributed by atoms with Gasteiger partial charge in [-0.05, 0) is 24.3 Å². The number of anilines is 1. The van der Waals surface area contributed by atoms with Crippen molar-refractivity contribution in [1.82, 2.24) is 4.90 Å². The van der Waals surface area contributed by atoms with Crippen molar-refractivity contribution in [3.8, 4) is 5.75 Å². The smallest absolute Gasteiger partial charge is 0.260 e. The minimum Gasteiger partial charge on any atom is -0.482 e. The van der Waals surface area contributed by atoms with Gasteiger partial charge in [0.1, 0.15) is 5.75 Å². The molecule has 0 radical (unpaired) electrons. The molecule has 0 saturated heterocycles. The van der Waals surface area contributed by atoms with Crippen LogP contribution in [0.1, 0.15) is 0 Å². The van der Waals surface area contributed by atoms with Gasteiger partial charge in [0.2, 0.25) is 5.91 Å². The van der Waals surface area contributed by atoms with Gasteiger partial charge in [0.25, 0.3) is 5.91 Å². The van der Waals surface area contributed by atoms with E-state index in [1.54, 1.807) is 36.4 Å². The number of hydrogen-bond donors (Lipinski definition) is 1. The van der Waals surface area contributed by atoms with Gasteiger partial charge in [-0.1, -0.05) is 46.9 Å². The predicted molar refractivity (Wildman–Crippen MR) is 99.7 cm³/mol. The zero-order valence-electron chi connectivity index (χ0n) is 13.3. The average Bonchev–Trinajstić information content (AvgIpc) is 2.57. The third kappa shape index (κ3) is 5.81. The Bertz CT molecular complexity index is 783. The molecule has 5 nitrogen and oxygen atoms in total. The van der Waals surface area contributed by atoms with Crippen LogP contribution in [0.25, 0.3) is 0 Å². The lowest BCUT2D eigenvalue weighted by atomic mass is 10.3. The summed E-state index contributed by atoms with van der Waals surface area (Å²) in [5.74, 6) is -0.452. The summed E-state index contributed by atoms with van der Waals surface area (Å²) in [6.45, 7) is -0.410.